The van der Waals surface area contributed by atoms with Gasteiger partial charge in [-0.2, -0.15) is 5.56 Å². The Balaban J connectivity index is 0. The molecule has 0 unspecified atom stereocenters. The molecule has 0 atom stereocenters. The summed E-state index contributed by atoms with van der Waals surface area (Å²) in [6, 6.07) is 6.93. The van der Waals surface area contributed by atoms with Gasteiger partial charge in [-0.25, -0.2) is 0 Å². The van der Waals surface area contributed by atoms with E-state index in [-0.39, 0.29) is 51.0 Å². The van der Waals surface area contributed by atoms with Crippen molar-refractivity contribution in [3.05, 3.63) is 40.5 Å². The van der Waals surface area contributed by atoms with Crippen LogP contribution in [0.5, 0.6) is 0 Å². The van der Waals surface area contributed by atoms with Gasteiger partial charge in [-0.1, -0.05) is 52.2 Å². The van der Waals surface area contributed by atoms with Crippen molar-refractivity contribution in [2.24, 2.45) is 0 Å². The Kier molecular flexibility index (Phi) is 10.5. The minimum absolute atomic E-state index is 0. The van der Waals surface area contributed by atoms with E-state index < -0.39 is 0 Å². The maximum Gasteiger partial charge on any atom is 3.00 e. The van der Waals surface area contributed by atoms with Gasteiger partial charge in [-0.3, -0.25) is 0 Å². The molecule has 2 aromatic carbocycles. The second-order valence-electron chi connectivity index (χ2n) is 4.89. The molecule has 0 spiro atoms. The molecule has 0 aliphatic heterocycles. The average Bonchev–Trinajstić information content (AvgIpc) is 2.57. The fraction of sp³-hybridized carbons (Fsp3) is 0.438. The third kappa shape index (κ3) is 4.38. The second-order valence-corrected chi connectivity index (χ2v) is 4.89. The Morgan fingerprint density at radius 1 is 1.05 bits per heavy atom. The Hall–Kier alpha value is 0.293. The van der Waals surface area contributed by atoms with E-state index >= 15 is 0 Å². The minimum atomic E-state index is 0. The maximum atomic E-state index is 2.34. The molecule has 2 aromatic rings. The number of aryl methyl sites for hydroxylation is 4. The second kappa shape index (κ2) is 9.27. The molecule has 0 saturated heterocycles. The van der Waals surface area contributed by atoms with Gasteiger partial charge in [-0.15, -0.1) is 34.0 Å². The molecule has 0 bridgehead atoms. The van der Waals surface area contributed by atoms with Crippen LogP contribution in [0, 0.1) is 20.8 Å². The van der Waals surface area contributed by atoms with Gasteiger partial charge in [-0.05, 0) is 6.42 Å². The molecule has 0 heterocycles. The van der Waals surface area contributed by atoms with Gasteiger partial charge in [0.15, 0.2) is 0 Å². The molecule has 103 valence electrons. The molecule has 3 heteroatoms. The summed E-state index contributed by atoms with van der Waals surface area (Å²) in [6.45, 7) is 8.95. The molecular weight excluding hydrogens is 354 g/mol. The van der Waals surface area contributed by atoms with Crippen molar-refractivity contribution in [2.75, 3.05) is 0 Å². The van der Waals surface area contributed by atoms with Crippen molar-refractivity contribution in [3.8, 4) is 0 Å². The summed E-state index contributed by atoms with van der Waals surface area (Å²) in [5.74, 6) is 0. The molecule has 0 saturated carbocycles. The number of rotatable bonds is 3. The SMILES string of the molecule is CCCCc1ccc(C)c2[cH-]c(C)c(C)c12.[Cl-].[Cl-].[Zr+3]. The fourth-order valence-electron chi connectivity index (χ4n) is 2.50. The number of benzene rings is 1. The standard InChI is InChI=1S/C16H21.2ClH.Zr/c1-5-6-7-14-9-8-11(2)15-10-12(3)13(4)16(14)15;;;/h8-10H,5-7H2,1-4H3;2*1H;/q-1;;;+3/p-2. The Morgan fingerprint density at radius 3 is 2.26 bits per heavy atom. The van der Waals surface area contributed by atoms with E-state index in [0.29, 0.717) is 0 Å². The molecule has 0 aliphatic rings. The normalized spacial score (nSPS) is 9.47. The maximum absolute atomic E-state index is 2.34. The minimum Gasteiger partial charge on any atom is -1.00 e. The van der Waals surface area contributed by atoms with E-state index in [1.165, 1.54) is 52.3 Å². The summed E-state index contributed by atoms with van der Waals surface area (Å²) < 4.78 is 0. The number of halogens is 2. The zero-order valence-corrected chi connectivity index (χ0v) is 16.1. The van der Waals surface area contributed by atoms with E-state index in [2.05, 4.69) is 45.9 Å². The molecule has 0 aromatic heterocycles. The van der Waals surface area contributed by atoms with Crippen molar-refractivity contribution in [2.45, 2.75) is 47.0 Å². The number of unbranched alkanes of at least 4 members (excludes halogenated alkanes) is 1. The van der Waals surface area contributed by atoms with Gasteiger partial charge in [0.2, 0.25) is 0 Å². The quantitative estimate of drug-likeness (QED) is 0.594. The monoisotopic (exact) mass is 373 g/mol. The van der Waals surface area contributed by atoms with Gasteiger partial charge in [0.05, 0.1) is 0 Å². The Morgan fingerprint density at radius 2 is 1.68 bits per heavy atom. The van der Waals surface area contributed by atoms with Crippen LogP contribution in [0.3, 0.4) is 0 Å². The van der Waals surface area contributed by atoms with Crippen LogP contribution in [0.15, 0.2) is 18.2 Å². The van der Waals surface area contributed by atoms with E-state index in [1.54, 1.807) is 0 Å². The largest absolute Gasteiger partial charge is 3.00 e. The zero-order valence-electron chi connectivity index (χ0n) is 12.1. The van der Waals surface area contributed by atoms with Gasteiger partial charge < -0.3 is 24.8 Å². The van der Waals surface area contributed by atoms with E-state index in [9.17, 15) is 0 Å². The summed E-state index contributed by atoms with van der Waals surface area (Å²) in [4.78, 5) is 0. The smallest absolute Gasteiger partial charge is 1.00 e. The number of hydrogen-bond acceptors (Lipinski definition) is 0. The van der Waals surface area contributed by atoms with Gasteiger partial charge in [0.25, 0.3) is 0 Å². The predicted octanol–water partition coefficient (Wildman–Crippen LogP) is -1.17. The molecule has 19 heavy (non-hydrogen) atoms. The van der Waals surface area contributed by atoms with Crippen molar-refractivity contribution in [3.63, 3.8) is 0 Å². The summed E-state index contributed by atoms with van der Waals surface area (Å²) in [6.07, 6.45) is 3.79. The van der Waals surface area contributed by atoms with Crippen LogP contribution in [0.4, 0.5) is 0 Å². The van der Waals surface area contributed by atoms with Crippen molar-refractivity contribution in [1.82, 2.24) is 0 Å². The van der Waals surface area contributed by atoms with Crippen molar-refractivity contribution >= 4 is 10.8 Å². The molecule has 2 rings (SSSR count). The van der Waals surface area contributed by atoms with Crippen molar-refractivity contribution < 1.29 is 51.0 Å². The Labute approximate surface area is 148 Å². The molecule has 0 amide bonds. The fourth-order valence-corrected chi connectivity index (χ4v) is 2.50. The van der Waals surface area contributed by atoms with Crippen LogP contribution < -0.4 is 24.8 Å². The third-order valence-electron chi connectivity index (χ3n) is 3.68. The molecule has 0 fully saturated rings. The van der Waals surface area contributed by atoms with E-state index in [4.69, 9.17) is 0 Å². The van der Waals surface area contributed by atoms with Gasteiger partial charge in [0, 0.05) is 0 Å². The van der Waals surface area contributed by atoms with Crippen LogP contribution in [0.1, 0.15) is 42.0 Å². The molecular formula is C16H21Cl2Zr. The zero-order chi connectivity index (χ0) is 11.7. The summed E-state index contributed by atoms with van der Waals surface area (Å²) in [5, 5.41) is 2.98. The first-order chi connectivity index (χ1) is 7.65. The molecule has 0 N–H and O–H groups in total. The van der Waals surface area contributed by atoms with Crippen molar-refractivity contribution in [1.29, 1.82) is 0 Å². The van der Waals surface area contributed by atoms with Crippen LogP contribution in [0.25, 0.3) is 10.8 Å². The number of hydrogen-bond donors (Lipinski definition) is 0. The predicted molar refractivity (Wildman–Crippen MR) is 72.4 cm³/mol. The topological polar surface area (TPSA) is 0 Å². The summed E-state index contributed by atoms with van der Waals surface area (Å²) >= 11 is 0. The first-order valence-electron chi connectivity index (χ1n) is 6.30. The molecule has 1 radical (unpaired) electrons. The van der Waals surface area contributed by atoms with Crippen LogP contribution in [0.2, 0.25) is 0 Å². The van der Waals surface area contributed by atoms with E-state index in [1.807, 2.05) is 0 Å². The third-order valence-corrected chi connectivity index (χ3v) is 3.68. The molecule has 0 aliphatic carbocycles. The summed E-state index contributed by atoms with van der Waals surface area (Å²) in [5.41, 5.74) is 5.85. The van der Waals surface area contributed by atoms with Crippen LogP contribution >= 0.6 is 0 Å². The van der Waals surface area contributed by atoms with Crippen LogP contribution in [-0.2, 0) is 32.6 Å². The van der Waals surface area contributed by atoms with E-state index in [0.717, 1.165) is 0 Å². The van der Waals surface area contributed by atoms with Crippen LogP contribution in [-0.4, -0.2) is 0 Å². The number of fused-ring (bicyclic) bond motifs is 1. The summed E-state index contributed by atoms with van der Waals surface area (Å²) in [7, 11) is 0. The first kappa shape index (κ1) is 21.6. The molecule has 0 nitrogen and oxygen atoms in total. The average molecular weight is 375 g/mol. The van der Waals surface area contributed by atoms with Gasteiger partial charge in [0.1, 0.15) is 0 Å². The first-order valence-corrected chi connectivity index (χ1v) is 6.30. The Bertz CT molecular complexity index is 515. The van der Waals surface area contributed by atoms with Gasteiger partial charge >= 0.3 is 26.2 Å².